The molecule has 1 saturated heterocycles. The Labute approximate surface area is 165 Å². The molecular weight excluding hydrogens is 383 g/mol. The summed E-state index contributed by atoms with van der Waals surface area (Å²) < 4.78 is 18.4. The third kappa shape index (κ3) is 3.03. The number of rotatable bonds is 4. The Morgan fingerprint density at radius 2 is 1.93 bits per heavy atom. The van der Waals surface area contributed by atoms with Crippen molar-refractivity contribution >= 4 is 40.9 Å². The Morgan fingerprint density at radius 1 is 1.21 bits per heavy atom. The van der Waals surface area contributed by atoms with Gasteiger partial charge in [-0.05, 0) is 43.3 Å². The van der Waals surface area contributed by atoms with Crippen LogP contribution in [0, 0.1) is 5.82 Å². The summed E-state index contributed by atoms with van der Waals surface area (Å²) in [6.45, 7) is 1.46. The summed E-state index contributed by atoms with van der Waals surface area (Å²) >= 11 is 1.28. The van der Waals surface area contributed by atoms with Crippen molar-refractivity contribution in [3.63, 3.8) is 0 Å². The van der Waals surface area contributed by atoms with Crippen LogP contribution in [-0.4, -0.2) is 28.8 Å². The summed E-state index contributed by atoms with van der Waals surface area (Å²) in [6.07, 6.45) is -0.517. The van der Waals surface area contributed by atoms with E-state index >= 15 is 0 Å². The molecule has 0 aliphatic carbocycles. The molecule has 2 heterocycles. The molecule has 0 radical (unpaired) electrons. The first-order valence-electron chi connectivity index (χ1n) is 8.79. The van der Waals surface area contributed by atoms with E-state index in [-0.39, 0.29) is 12.3 Å². The molecule has 2 unspecified atom stereocenters. The van der Waals surface area contributed by atoms with Gasteiger partial charge in [-0.25, -0.2) is 9.18 Å². The molecule has 2 atom stereocenters. The van der Waals surface area contributed by atoms with E-state index in [2.05, 4.69) is 5.32 Å². The molecule has 2 aliphatic heterocycles. The van der Waals surface area contributed by atoms with Gasteiger partial charge in [-0.3, -0.25) is 14.5 Å². The van der Waals surface area contributed by atoms with E-state index in [0.717, 1.165) is 4.90 Å². The number of carbonyl (C=O) groups is 3. The number of esters is 1. The largest absolute Gasteiger partial charge is 0.450 e. The fourth-order valence-electron chi connectivity index (χ4n) is 3.36. The third-order valence-electron chi connectivity index (χ3n) is 4.76. The number of fused-ring (bicyclic) bond motifs is 3. The standard InChI is InChI=1S/C20H17FN2O4S/c1-12(18(25)22-14-8-6-13(21)7-9-14)27-19(26)20-11-10-17(24)23(20)15-4-2-3-5-16(15)28-20/h2-9,12H,10-11H2,1H3,(H,22,25). The monoisotopic (exact) mass is 400 g/mol. The number of hydrogen-bond donors (Lipinski definition) is 1. The average molecular weight is 400 g/mol. The fraction of sp³-hybridized carbons (Fsp3) is 0.250. The predicted octanol–water partition coefficient (Wildman–Crippen LogP) is 3.32. The van der Waals surface area contributed by atoms with E-state index in [1.165, 1.54) is 47.9 Å². The molecule has 0 saturated carbocycles. The van der Waals surface area contributed by atoms with Crippen molar-refractivity contribution in [1.82, 2.24) is 0 Å². The second-order valence-corrected chi connectivity index (χ2v) is 7.95. The molecular formula is C20H17FN2O4S. The average Bonchev–Trinajstić information content (AvgIpc) is 3.19. The number of nitrogens with one attached hydrogen (secondary N) is 1. The van der Waals surface area contributed by atoms with Gasteiger partial charge in [0.2, 0.25) is 5.91 Å². The maximum Gasteiger partial charge on any atom is 0.344 e. The van der Waals surface area contributed by atoms with Crippen LogP contribution in [0.4, 0.5) is 15.8 Å². The van der Waals surface area contributed by atoms with Crippen LogP contribution in [0.5, 0.6) is 0 Å². The lowest BCUT2D eigenvalue weighted by atomic mass is 10.2. The maximum absolute atomic E-state index is 13.0. The Kier molecular flexibility index (Phi) is 4.58. The van der Waals surface area contributed by atoms with Crippen LogP contribution in [-0.2, 0) is 19.1 Å². The number of anilines is 2. The normalized spacial score (nSPS) is 21.1. The highest BCUT2D eigenvalue weighted by molar-refractivity contribution is 8.02. The molecule has 2 amide bonds. The summed E-state index contributed by atoms with van der Waals surface area (Å²) in [4.78, 5) is 38.9. The minimum Gasteiger partial charge on any atom is -0.450 e. The smallest absolute Gasteiger partial charge is 0.344 e. The lowest BCUT2D eigenvalue weighted by Gasteiger charge is -2.29. The highest BCUT2D eigenvalue weighted by Gasteiger charge is 2.58. The topological polar surface area (TPSA) is 75.7 Å². The summed E-state index contributed by atoms with van der Waals surface area (Å²) in [5.74, 6) is -1.72. The summed E-state index contributed by atoms with van der Waals surface area (Å²) in [5.41, 5.74) is 1.09. The lowest BCUT2D eigenvalue weighted by Crippen LogP contribution is -2.49. The number of ether oxygens (including phenoxy) is 1. The molecule has 0 aromatic heterocycles. The second kappa shape index (κ2) is 6.94. The van der Waals surface area contributed by atoms with E-state index in [0.29, 0.717) is 17.8 Å². The number of carbonyl (C=O) groups excluding carboxylic acids is 3. The highest BCUT2D eigenvalue weighted by Crippen LogP contribution is 2.56. The Bertz CT molecular complexity index is 965. The van der Waals surface area contributed by atoms with Gasteiger partial charge < -0.3 is 10.1 Å². The van der Waals surface area contributed by atoms with Gasteiger partial charge in [0, 0.05) is 23.4 Å². The van der Waals surface area contributed by atoms with Gasteiger partial charge in [0.15, 0.2) is 11.0 Å². The van der Waals surface area contributed by atoms with E-state index in [1.807, 2.05) is 18.2 Å². The molecule has 144 valence electrons. The Hall–Kier alpha value is -2.87. The van der Waals surface area contributed by atoms with Crippen molar-refractivity contribution in [1.29, 1.82) is 0 Å². The SMILES string of the molecule is CC(OC(=O)C12CCC(=O)N1c1ccccc1S2)C(=O)Nc1ccc(F)cc1. The van der Waals surface area contributed by atoms with Gasteiger partial charge in [-0.15, -0.1) is 0 Å². The van der Waals surface area contributed by atoms with Crippen LogP contribution in [0.25, 0.3) is 0 Å². The van der Waals surface area contributed by atoms with Gasteiger partial charge in [-0.1, -0.05) is 23.9 Å². The van der Waals surface area contributed by atoms with Gasteiger partial charge in [0.25, 0.3) is 5.91 Å². The third-order valence-corrected chi connectivity index (χ3v) is 6.21. The highest BCUT2D eigenvalue weighted by atomic mass is 32.2. The van der Waals surface area contributed by atoms with Crippen LogP contribution in [0.3, 0.4) is 0 Å². The first kappa shape index (κ1) is 18.5. The first-order chi connectivity index (χ1) is 13.4. The van der Waals surface area contributed by atoms with Crippen LogP contribution in [0.2, 0.25) is 0 Å². The summed E-state index contributed by atoms with van der Waals surface area (Å²) in [6, 6.07) is 12.6. The summed E-state index contributed by atoms with van der Waals surface area (Å²) in [7, 11) is 0. The number of nitrogens with zero attached hydrogens (tertiary/aromatic N) is 1. The molecule has 2 aromatic rings. The van der Waals surface area contributed by atoms with Crippen LogP contribution in [0.1, 0.15) is 19.8 Å². The van der Waals surface area contributed by atoms with E-state index < -0.39 is 28.7 Å². The minimum atomic E-state index is -1.18. The zero-order chi connectivity index (χ0) is 19.9. The lowest BCUT2D eigenvalue weighted by molar-refractivity contribution is -0.155. The fourth-order valence-corrected chi connectivity index (χ4v) is 4.76. The van der Waals surface area contributed by atoms with Crippen LogP contribution < -0.4 is 10.2 Å². The van der Waals surface area contributed by atoms with Gasteiger partial charge in [0.05, 0.1) is 5.69 Å². The molecule has 2 aromatic carbocycles. The number of para-hydroxylation sites is 1. The molecule has 1 fully saturated rings. The van der Waals surface area contributed by atoms with Crippen molar-refractivity contribution in [2.45, 2.75) is 35.6 Å². The number of halogens is 1. The predicted molar refractivity (Wildman–Crippen MR) is 102 cm³/mol. The van der Waals surface area contributed by atoms with Gasteiger partial charge in [-0.2, -0.15) is 0 Å². The van der Waals surface area contributed by atoms with Crippen molar-refractivity contribution in [3.8, 4) is 0 Å². The van der Waals surface area contributed by atoms with Crippen molar-refractivity contribution in [3.05, 3.63) is 54.3 Å². The summed E-state index contributed by atoms with van der Waals surface area (Å²) in [5, 5.41) is 2.58. The number of hydrogen-bond acceptors (Lipinski definition) is 5. The minimum absolute atomic E-state index is 0.141. The van der Waals surface area contributed by atoms with E-state index in [1.54, 1.807) is 6.07 Å². The number of thioether (sulfide) groups is 1. The number of amides is 2. The molecule has 6 nitrogen and oxygen atoms in total. The quantitative estimate of drug-likeness (QED) is 0.797. The molecule has 2 aliphatic rings. The van der Waals surface area contributed by atoms with Crippen molar-refractivity contribution in [2.24, 2.45) is 0 Å². The molecule has 28 heavy (non-hydrogen) atoms. The van der Waals surface area contributed by atoms with Gasteiger partial charge in [0.1, 0.15) is 5.82 Å². The zero-order valence-corrected chi connectivity index (χ0v) is 15.8. The molecule has 8 heteroatoms. The first-order valence-corrected chi connectivity index (χ1v) is 9.61. The number of benzene rings is 2. The maximum atomic E-state index is 13.0. The van der Waals surface area contributed by atoms with Crippen LogP contribution in [0.15, 0.2) is 53.4 Å². The Balaban J connectivity index is 1.49. The molecule has 4 rings (SSSR count). The Morgan fingerprint density at radius 3 is 2.68 bits per heavy atom. The van der Waals surface area contributed by atoms with E-state index in [9.17, 15) is 18.8 Å². The zero-order valence-electron chi connectivity index (χ0n) is 15.0. The van der Waals surface area contributed by atoms with Crippen LogP contribution >= 0.6 is 11.8 Å². The van der Waals surface area contributed by atoms with Gasteiger partial charge >= 0.3 is 5.97 Å². The van der Waals surface area contributed by atoms with Crippen molar-refractivity contribution < 1.29 is 23.5 Å². The molecule has 1 N–H and O–H groups in total. The van der Waals surface area contributed by atoms with E-state index in [4.69, 9.17) is 4.74 Å². The molecule has 0 bridgehead atoms. The second-order valence-electron chi connectivity index (χ2n) is 6.63. The van der Waals surface area contributed by atoms with Crippen molar-refractivity contribution in [2.75, 3.05) is 10.2 Å². The molecule has 0 spiro atoms.